The van der Waals surface area contributed by atoms with Crippen LogP contribution in [0.3, 0.4) is 0 Å². The highest BCUT2D eigenvalue weighted by atomic mass is 32.1. The van der Waals surface area contributed by atoms with Crippen molar-refractivity contribution in [2.24, 2.45) is 0 Å². The first-order valence-corrected chi connectivity index (χ1v) is 8.16. The molecule has 3 aromatic heterocycles. The third-order valence-electron chi connectivity index (χ3n) is 3.44. The number of hydrogen-bond acceptors (Lipinski definition) is 5. The van der Waals surface area contributed by atoms with Crippen molar-refractivity contribution >= 4 is 28.4 Å². The minimum atomic E-state index is -0.157. The van der Waals surface area contributed by atoms with Crippen LogP contribution in [0.5, 0.6) is 0 Å². The summed E-state index contributed by atoms with van der Waals surface area (Å²) in [4.78, 5) is 21.4. The molecular weight excluding hydrogens is 320 g/mol. The molecule has 0 aliphatic rings. The average molecular weight is 332 g/mol. The Hall–Kier alpha value is -3.12. The Kier molecular flexibility index (Phi) is 3.72. The van der Waals surface area contributed by atoms with E-state index in [1.807, 2.05) is 54.6 Å². The fourth-order valence-electron chi connectivity index (χ4n) is 2.28. The van der Waals surface area contributed by atoms with Gasteiger partial charge in [-0.1, -0.05) is 53.8 Å². The van der Waals surface area contributed by atoms with Crippen LogP contribution in [0.1, 0.15) is 5.56 Å². The van der Waals surface area contributed by atoms with Gasteiger partial charge in [-0.05, 0) is 23.8 Å². The number of hydrogen-bond donors (Lipinski definition) is 0. The Balaban J connectivity index is 1.70. The van der Waals surface area contributed by atoms with E-state index < -0.39 is 0 Å². The van der Waals surface area contributed by atoms with Crippen molar-refractivity contribution < 1.29 is 0 Å². The van der Waals surface area contributed by atoms with E-state index in [1.54, 1.807) is 18.5 Å². The van der Waals surface area contributed by atoms with Gasteiger partial charge in [-0.3, -0.25) is 9.78 Å². The zero-order chi connectivity index (χ0) is 16.4. The predicted octanol–water partition coefficient (Wildman–Crippen LogP) is 2.43. The molecule has 0 amide bonds. The molecule has 1 aromatic carbocycles. The molecular formula is C18H12N4OS. The van der Waals surface area contributed by atoms with Crippen molar-refractivity contribution in [2.75, 3.05) is 0 Å². The fourth-order valence-corrected chi connectivity index (χ4v) is 3.14. The molecule has 0 spiro atoms. The summed E-state index contributed by atoms with van der Waals surface area (Å²) in [6, 6.07) is 13.6. The lowest BCUT2D eigenvalue weighted by atomic mass is 10.2. The monoisotopic (exact) mass is 332 g/mol. The standard InChI is InChI=1S/C18H12N4OS/c23-17-15(10-4-8-13-6-2-1-3-7-13)24-18-20-16(21-22(17)18)14-9-5-11-19-12-14/h1-12H/b8-4+,15-10+. The first-order chi connectivity index (χ1) is 11.8. The third kappa shape index (κ3) is 2.75. The molecule has 24 heavy (non-hydrogen) atoms. The Morgan fingerprint density at radius 1 is 1.08 bits per heavy atom. The lowest BCUT2D eigenvalue weighted by molar-refractivity contribution is 0.936. The largest absolute Gasteiger partial charge is 0.291 e. The first-order valence-electron chi connectivity index (χ1n) is 7.35. The molecule has 5 nitrogen and oxygen atoms in total. The number of benzene rings is 1. The lowest BCUT2D eigenvalue weighted by Crippen LogP contribution is -2.23. The van der Waals surface area contributed by atoms with Gasteiger partial charge in [0.1, 0.15) is 0 Å². The summed E-state index contributed by atoms with van der Waals surface area (Å²) < 4.78 is 1.95. The molecule has 116 valence electrons. The SMILES string of the molecule is O=c1/c(=C\C=C\c2ccccc2)sc2nc(-c3cccnc3)nn12. The number of rotatable bonds is 3. The van der Waals surface area contributed by atoms with Crippen molar-refractivity contribution in [1.82, 2.24) is 19.6 Å². The van der Waals surface area contributed by atoms with Crippen molar-refractivity contribution in [3.05, 3.63) is 81.4 Å². The lowest BCUT2D eigenvalue weighted by Gasteiger charge is -1.90. The van der Waals surface area contributed by atoms with Crippen LogP contribution >= 0.6 is 11.3 Å². The van der Waals surface area contributed by atoms with E-state index in [4.69, 9.17) is 0 Å². The van der Waals surface area contributed by atoms with Gasteiger partial charge in [0, 0.05) is 18.0 Å². The molecule has 0 radical (unpaired) electrons. The molecule has 0 N–H and O–H groups in total. The summed E-state index contributed by atoms with van der Waals surface area (Å²) in [6.07, 6.45) is 8.98. The van der Waals surface area contributed by atoms with E-state index >= 15 is 0 Å². The molecule has 4 aromatic rings. The number of nitrogens with zero attached hydrogens (tertiary/aromatic N) is 4. The summed E-state index contributed by atoms with van der Waals surface area (Å²) in [5.41, 5.74) is 1.72. The van der Waals surface area contributed by atoms with Gasteiger partial charge in [0.2, 0.25) is 4.96 Å². The van der Waals surface area contributed by atoms with Gasteiger partial charge < -0.3 is 0 Å². The molecule has 0 bridgehead atoms. The molecule has 4 rings (SSSR count). The Morgan fingerprint density at radius 3 is 2.71 bits per heavy atom. The molecule has 0 aliphatic carbocycles. The number of thiazole rings is 1. The predicted molar refractivity (Wildman–Crippen MR) is 95.5 cm³/mol. The molecule has 0 aliphatic heterocycles. The second-order valence-electron chi connectivity index (χ2n) is 5.08. The molecule has 0 saturated heterocycles. The zero-order valence-electron chi connectivity index (χ0n) is 12.5. The normalized spacial score (nSPS) is 12.4. The highest BCUT2D eigenvalue weighted by Gasteiger charge is 2.11. The molecule has 3 heterocycles. The third-order valence-corrected chi connectivity index (χ3v) is 4.41. The van der Waals surface area contributed by atoms with E-state index in [9.17, 15) is 4.79 Å². The fraction of sp³-hybridized carbons (Fsp3) is 0. The summed E-state index contributed by atoms with van der Waals surface area (Å²) >= 11 is 1.32. The van der Waals surface area contributed by atoms with Crippen molar-refractivity contribution in [3.63, 3.8) is 0 Å². The van der Waals surface area contributed by atoms with Crippen LogP contribution in [0.25, 0.3) is 28.5 Å². The van der Waals surface area contributed by atoms with Gasteiger partial charge in [0.25, 0.3) is 5.56 Å². The maximum Gasteiger partial charge on any atom is 0.291 e. The van der Waals surface area contributed by atoms with Crippen LogP contribution in [0, 0.1) is 0 Å². The summed E-state index contributed by atoms with van der Waals surface area (Å²) in [5, 5.41) is 4.29. The van der Waals surface area contributed by atoms with Crippen molar-refractivity contribution in [2.45, 2.75) is 0 Å². The van der Waals surface area contributed by atoms with Gasteiger partial charge in [0.05, 0.1) is 4.53 Å². The zero-order valence-corrected chi connectivity index (χ0v) is 13.4. The maximum atomic E-state index is 12.4. The van der Waals surface area contributed by atoms with Gasteiger partial charge in [-0.15, -0.1) is 5.10 Å². The van der Waals surface area contributed by atoms with E-state index in [0.29, 0.717) is 15.3 Å². The Labute approximate surface area is 141 Å². The molecule has 6 heteroatoms. The van der Waals surface area contributed by atoms with Crippen molar-refractivity contribution in [3.8, 4) is 11.4 Å². The van der Waals surface area contributed by atoms with Gasteiger partial charge in [0.15, 0.2) is 5.82 Å². The minimum absolute atomic E-state index is 0.157. The van der Waals surface area contributed by atoms with Crippen LogP contribution in [0.15, 0.2) is 65.7 Å². The van der Waals surface area contributed by atoms with Crippen LogP contribution in [0.2, 0.25) is 0 Å². The van der Waals surface area contributed by atoms with E-state index in [0.717, 1.165) is 11.1 Å². The molecule has 0 unspecified atom stereocenters. The topological polar surface area (TPSA) is 60.2 Å². The second-order valence-corrected chi connectivity index (χ2v) is 6.09. The average Bonchev–Trinajstić information content (AvgIpc) is 3.17. The second kappa shape index (κ2) is 6.17. The van der Waals surface area contributed by atoms with Crippen LogP contribution in [-0.2, 0) is 0 Å². The van der Waals surface area contributed by atoms with Crippen LogP contribution in [0.4, 0.5) is 0 Å². The number of allylic oxidation sites excluding steroid dienone is 1. The first kappa shape index (κ1) is 14.5. The van der Waals surface area contributed by atoms with Gasteiger partial charge in [-0.2, -0.15) is 9.50 Å². The maximum absolute atomic E-state index is 12.4. The highest BCUT2D eigenvalue weighted by molar-refractivity contribution is 7.15. The molecule has 0 atom stereocenters. The molecule has 0 saturated carbocycles. The summed E-state index contributed by atoms with van der Waals surface area (Å²) in [7, 11) is 0. The van der Waals surface area contributed by atoms with E-state index in [2.05, 4.69) is 15.1 Å². The van der Waals surface area contributed by atoms with Gasteiger partial charge >= 0.3 is 0 Å². The van der Waals surface area contributed by atoms with Crippen LogP contribution in [-0.4, -0.2) is 19.6 Å². The summed E-state index contributed by atoms with van der Waals surface area (Å²) in [5.74, 6) is 0.512. The van der Waals surface area contributed by atoms with Gasteiger partial charge in [-0.25, -0.2) is 0 Å². The van der Waals surface area contributed by atoms with E-state index in [-0.39, 0.29) is 5.56 Å². The van der Waals surface area contributed by atoms with Crippen LogP contribution < -0.4 is 10.1 Å². The summed E-state index contributed by atoms with van der Waals surface area (Å²) in [6.45, 7) is 0. The number of pyridine rings is 1. The van der Waals surface area contributed by atoms with E-state index in [1.165, 1.54) is 15.9 Å². The Bertz CT molecular complexity index is 1110. The smallest absolute Gasteiger partial charge is 0.266 e. The number of aromatic nitrogens is 4. The minimum Gasteiger partial charge on any atom is -0.266 e. The van der Waals surface area contributed by atoms with Crippen molar-refractivity contribution in [1.29, 1.82) is 0 Å². The highest BCUT2D eigenvalue weighted by Crippen LogP contribution is 2.14. The Morgan fingerprint density at radius 2 is 1.96 bits per heavy atom. The number of fused-ring (bicyclic) bond motifs is 1. The quantitative estimate of drug-likeness (QED) is 0.578. The molecule has 0 fully saturated rings.